The maximum Gasteiger partial charge on any atom is 0.258 e. The number of benzene rings is 1. The van der Waals surface area contributed by atoms with Crippen LogP contribution in [0.1, 0.15) is 22.5 Å². The number of thioether (sulfide) groups is 1. The maximum atomic E-state index is 12.3. The summed E-state index contributed by atoms with van der Waals surface area (Å²) in [7, 11) is 0. The predicted octanol–water partition coefficient (Wildman–Crippen LogP) is 4.16. The van der Waals surface area contributed by atoms with Gasteiger partial charge in [-0.2, -0.15) is 0 Å². The first-order valence-corrected chi connectivity index (χ1v) is 10.1. The Morgan fingerprint density at radius 1 is 1.19 bits per heavy atom. The lowest BCUT2D eigenvalue weighted by atomic mass is 10.1. The first kappa shape index (κ1) is 17.1. The van der Waals surface area contributed by atoms with Crippen LogP contribution in [0, 0.1) is 20.8 Å². The second kappa shape index (κ2) is 6.74. The third-order valence-electron chi connectivity index (χ3n) is 4.20. The molecule has 0 spiro atoms. The van der Waals surface area contributed by atoms with Gasteiger partial charge in [0, 0.05) is 35.3 Å². The van der Waals surface area contributed by atoms with Crippen LogP contribution in [-0.2, 0) is 5.75 Å². The molecule has 0 saturated carbocycles. The molecular formula is C19H18N4OS2. The van der Waals surface area contributed by atoms with Gasteiger partial charge in [0.1, 0.15) is 0 Å². The van der Waals surface area contributed by atoms with E-state index in [2.05, 4.69) is 46.6 Å². The van der Waals surface area contributed by atoms with Gasteiger partial charge in [-0.1, -0.05) is 29.5 Å². The topological polar surface area (TPSA) is 52.2 Å². The highest BCUT2D eigenvalue weighted by Crippen LogP contribution is 2.25. The number of hydrogen-bond donors (Lipinski definition) is 0. The lowest BCUT2D eigenvalue weighted by Gasteiger charge is -2.11. The number of nitrogens with zero attached hydrogens (tertiary/aromatic N) is 4. The first-order valence-electron chi connectivity index (χ1n) is 8.23. The summed E-state index contributed by atoms with van der Waals surface area (Å²) in [6.45, 7) is 6.11. The molecule has 0 aliphatic heterocycles. The maximum absolute atomic E-state index is 12.3. The zero-order valence-corrected chi connectivity index (χ0v) is 16.4. The van der Waals surface area contributed by atoms with Gasteiger partial charge in [-0.15, -0.1) is 11.3 Å². The van der Waals surface area contributed by atoms with Crippen molar-refractivity contribution in [1.29, 1.82) is 0 Å². The summed E-state index contributed by atoms with van der Waals surface area (Å²) in [5.74, 6) is 0.602. The molecular weight excluding hydrogens is 364 g/mol. The Morgan fingerprint density at radius 3 is 2.85 bits per heavy atom. The van der Waals surface area contributed by atoms with Crippen molar-refractivity contribution in [2.24, 2.45) is 0 Å². The number of aromatic nitrogens is 4. The van der Waals surface area contributed by atoms with Crippen LogP contribution in [0.2, 0.25) is 0 Å². The number of fused-ring (bicyclic) bond motifs is 1. The van der Waals surface area contributed by atoms with Gasteiger partial charge in [-0.25, -0.2) is 9.97 Å². The van der Waals surface area contributed by atoms with Gasteiger partial charge in [0.2, 0.25) is 0 Å². The minimum Gasteiger partial charge on any atom is -0.295 e. The molecule has 7 heteroatoms. The molecule has 0 aliphatic carbocycles. The van der Waals surface area contributed by atoms with Crippen LogP contribution in [0.5, 0.6) is 0 Å². The van der Waals surface area contributed by atoms with E-state index in [1.165, 1.54) is 22.5 Å². The Labute approximate surface area is 159 Å². The third kappa shape index (κ3) is 3.08. The summed E-state index contributed by atoms with van der Waals surface area (Å²) < 4.78 is 3.73. The SMILES string of the molecule is Cc1ccc(-n2ccnc2SCc2cc(=O)n3c(C)csc3n2)c(C)c1. The zero-order valence-electron chi connectivity index (χ0n) is 14.8. The van der Waals surface area contributed by atoms with Gasteiger partial charge in [-0.3, -0.25) is 13.8 Å². The Bertz CT molecular complexity index is 1160. The largest absolute Gasteiger partial charge is 0.295 e. The summed E-state index contributed by atoms with van der Waals surface area (Å²) in [6, 6.07) is 8.00. The van der Waals surface area contributed by atoms with E-state index in [0.717, 1.165) is 27.2 Å². The van der Waals surface area contributed by atoms with E-state index < -0.39 is 0 Å². The Morgan fingerprint density at radius 2 is 2.04 bits per heavy atom. The molecule has 26 heavy (non-hydrogen) atoms. The molecule has 0 saturated heterocycles. The van der Waals surface area contributed by atoms with Gasteiger partial charge in [-0.05, 0) is 32.4 Å². The number of rotatable bonds is 4. The van der Waals surface area contributed by atoms with Crippen molar-refractivity contribution in [3.05, 3.63) is 74.9 Å². The molecule has 0 N–H and O–H groups in total. The standard InChI is InChI=1S/C19H18N4OS2/c1-12-4-5-16(13(2)8-12)22-7-6-20-18(22)26-11-15-9-17(24)23-14(3)10-25-19(23)21-15/h4-10H,11H2,1-3H3. The van der Waals surface area contributed by atoms with E-state index in [1.54, 1.807) is 28.4 Å². The minimum atomic E-state index is -0.0259. The highest BCUT2D eigenvalue weighted by molar-refractivity contribution is 7.98. The van der Waals surface area contributed by atoms with Crippen LogP contribution >= 0.6 is 23.1 Å². The smallest absolute Gasteiger partial charge is 0.258 e. The predicted molar refractivity (Wildman–Crippen MR) is 107 cm³/mol. The van der Waals surface area contributed by atoms with Gasteiger partial charge in [0.15, 0.2) is 10.1 Å². The van der Waals surface area contributed by atoms with E-state index in [4.69, 9.17) is 0 Å². The van der Waals surface area contributed by atoms with Crippen molar-refractivity contribution in [3.63, 3.8) is 0 Å². The van der Waals surface area contributed by atoms with Crippen LogP contribution < -0.4 is 5.56 Å². The molecule has 3 aromatic heterocycles. The number of imidazole rings is 1. The Balaban J connectivity index is 1.62. The summed E-state index contributed by atoms with van der Waals surface area (Å²) in [6.07, 6.45) is 3.77. The second-order valence-corrected chi connectivity index (χ2v) is 8.02. The van der Waals surface area contributed by atoms with Crippen LogP contribution in [0.25, 0.3) is 10.6 Å². The van der Waals surface area contributed by atoms with E-state index >= 15 is 0 Å². The summed E-state index contributed by atoms with van der Waals surface area (Å²) >= 11 is 3.08. The number of aryl methyl sites for hydroxylation is 3. The molecule has 0 bridgehead atoms. The van der Waals surface area contributed by atoms with Crippen LogP contribution in [0.15, 0.2) is 52.0 Å². The molecule has 0 radical (unpaired) electrons. The molecule has 4 aromatic rings. The normalized spacial score (nSPS) is 11.3. The molecule has 0 aliphatic rings. The molecule has 0 fully saturated rings. The highest BCUT2D eigenvalue weighted by Gasteiger charge is 2.11. The quantitative estimate of drug-likeness (QED) is 0.497. The molecule has 0 amide bonds. The number of thiazole rings is 1. The second-order valence-electron chi connectivity index (χ2n) is 6.24. The Kier molecular flexibility index (Phi) is 4.42. The summed E-state index contributed by atoms with van der Waals surface area (Å²) in [4.78, 5) is 22.1. The van der Waals surface area contributed by atoms with Crippen molar-refractivity contribution in [2.45, 2.75) is 31.7 Å². The van der Waals surface area contributed by atoms with Crippen LogP contribution in [0.4, 0.5) is 0 Å². The van der Waals surface area contributed by atoms with Crippen molar-refractivity contribution < 1.29 is 0 Å². The summed E-state index contributed by atoms with van der Waals surface area (Å²) in [5, 5.41) is 2.84. The van der Waals surface area contributed by atoms with E-state index in [9.17, 15) is 4.79 Å². The fourth-order valence-corrected chi connectivity index (χ4v) is 4.72. The third-order valence-corrected chi connectivity index (χ3v) is 6.14. The van der Waals surface area contributed by atoms with Gasteiger partial charge in [0.05, 0.1) is 11.4 Å². The summed E-state index contributed by atoms with van der Waals surface area (Å²) in [5.41, 5.74) is 5.24. The van der Waals surface area contributed by atoms with Gasteiger partial charge in [0.25, 0.3) is 5.56 Å². The van der Waals surface area contributed by atoms with Crippen molar-refractivity contribution in [2.75, 3.05) is 0 Å². The highest BCUT2D eigenvalue weighted by atomic mass is 32.2. The monoisotopic (exact) mass is 382 g/mol. The molecule has 5 nitrogen and oxygen atoms in total. The van der Waals surface area contributed by atoms with Gasteiger partial charge >= 0.3 is 0 Å². The molecule has 1 aromatic carbocycles. The van der Waals surface area contributed by atoms with Crippen LogP contribution in [0.3, 0.4) is 0 Å². The molecule has 0 unspecified atom stereocenters. The minimum absolute atomic E-state index is 0.0259. The van der Waals surface area contributed by atoms with E-state index in [0.29, 0.717) is 5.75 Å². The van der Waals surface area contributed by atoms with Crippen molar-refractivity contribution in [3.8, 4) is 5.69 Å². The lowest BCUT2D eigenvalue weighted by molar-refractivity contribution is 0.885. The first-order chi connectivity index (χ1) is 12.5. The molecule has 132 valence electrons. The molecule has 4 rings (SSSR count). The lowest BCUT2D eigenvalue weighted by Crippen LogP contribution is -2.14. The Hall–Kier alpha value is -2.38. The van der Waals surface area contributed by atoms with Gasteiger partial charge < -0.3 is 0 Å². The molecule has 0 atom stereocenters. The van der Waals surface area contributed by atoms with E-state index in [1.807, 2.05) is 18.5 Å². The fourth-order valence-electron chi connectivity index (χ4n) is 2.97. The average Bonchev–Trinajstić information content (AvgIpc) is 3.20. The van der Waals surface area contributed by atoms with Crippen molar-refractivity contribution in [1.82, 2.24) is 18.9 Å². The van der Waals surface area contributed by atoms with E-state index in [-0.39, 0.29) is 5.56 Å². The number of hydrogen-bond acceptors (Lipinski definition) is 5. The van der Waals surface area contributed by atoms with Crippen LogP contribution in [-0.4, -0.2) is 18.9 Å². The van der Waals surface area contributed by atoms with Crippen molar-refractivity contribution >= 4 is 28.1 Å². The zero-order chi connectivity index (χ0) is 18.3. The fraction of sp³-hybridized carbons (Fsp3) is 0.211. The average molecular weight is 383 g/mol. The molecule has 3 heterocycles.